The zero-order valence-corrected chi connectivity index (χ0v) is 9.73. The van der Waals surface area contributed by atoms with Crippen LogP contribution in [0.25, 0.3) is 11.3 Å². The van der Waals surface area contributed by atoms with E-state index >= 15 is 0 Å². The Bertz CT molecular complexity index is 470. The molecular weight excluding hydrogens is 232 g/mol. The molecule has 15 heavy (non-hydrogen) atoms. The first kappa shape index (κ1) is 11.8. The van der Waals surface area contributed by atoms with Crippen molar-refractivity contribution in [3.8, 4) is 17.0 Å². The molecule has 0 saturated heterocycles. The Morgan fingerprint density at radius 2 is 2.13 bits per heavy atom. The number of hydrogen-bond donors (Lipinski definition) is 2. The van der Waals surface area contributed by atoms with Gasteiger partial charge in [-0.3, -0.25) is 0 Å². The van der Waals surface area contributed by atoms with Gasteiger partial charge in [0.15, 0.2) is 5.13 Å². The second-order valence-electron chi connectivity index (χ2n) is 3.09. The Balaban J connectivity index is 0.00000112. The average molecular weight is 243 g/mol. The number of rotatable bonds is 1. The molecule has 0 aliphatic rings. The molecule has 0 aliphatic carbocycles. The maximum Gasteiger partial charge on any atom is 0.180 e. The van der Waals surface area contributed by atoms with Crippen LogP contribution in [0.15, 0.2) is 23.6 Å². The number of nitrogens with two attached hydrogens (primary N) is 1. The minimum atomic E-state index is 0. The molecule has 0 aliphatic heterocycles. The van der Waals surface area contributed by atoms with Crippen LogP contribution in [-0.4, -0.2) is 10.1 Å². The molecule has 2 rings (SSSR count). The number of aryl methyl sites for hydroxylation is 1. The lowest BCUT2D eigenvalue weighted by Crippen LogP contribution is -1.84. The molecule has 0 amide bonds. The van der Waals surface area contributed by atoms with Crippen molar-refractivity contribution in [1.29, 1.82) is 0 Å². The summed E-state index contributed by atoms with van der Waals surface area (Å²) < 4.78 is 0. The van der Waals surface area contributed by atoms with Crippen molar-refractivity contribution < 1.29 is 5.11 Å². The monoisotopic (exact) mass is 242 g/mol. The highest BCUT2D eigenvalue weighted by Gasteiger charge is 2.07. The summed E-state index contributed by atoms with van der Waals surface area (Å²) in [5.74, 6) is 0.246. The van der Waals surface area contributed by atoms with E-state index in [4.69, 9.17) is 5.73 Å². The van der Waals surface area contributed by atoms with Crippen molar-refractivity contribution in [2.45, 2.75) is 6.92 Å². The first-order valence-electron chi connectivity index (χ1n) is 4.18. The molecule has 1 heterocycles. The van der Waals surface area contributed by atoms with Crippen LogP contribution in [0, 0.1) is 6.92 Å². The number of benzene rings is 1. The fourth-order valence-electron chi connectivity index (χ4n) is 1.27. The minimum absolute atomic E-state index is 0. The lowest BCUT2D eigenvalue weighted by molar-refractivity contribution is 0.477. The van der Waals surface area contributed by atoms with Crippen LogP contribution in [0.5, 0.6) is 5.75 Å². The van der Waals surface area contributed by atoms with E-state index in [0.29, 0.717) is 5.13 Å². The summed E-state index contributed by atoms with van der Waals surface area (Å²) in [5.41, 5.74) is 8.00. The molecule has 1 aromatic heterocycles. The van der Waals surface area contributed by atoms with Crippen LogP contribution in [-0.2, 0) is 0 Å². The van der Waals surface area contributed by atoms with Crippen molar-refractivity contribution in [1.82, 2.24) is 4.98 Å². The molecule has 1 aromatic carbocycles. The third kappa shape index (κ3) is 2.40. The molecule has 0 unspecified atom stereocenters. The minimum Gasteiger partial charge on any atom is -0.507 e. The fraction of sp³-hybridized carbons (Fsp3) is 0.100. The van der Waals surface area contributed by atoms with E-state index in [2.05, 4.69) is 4.98 Å². The van der Waals surface area contributed by atoms with Crippen LogP contribution in [0.1, 0.15) is 5.56 Å². The van der Waals surface area contributed by atoms with Crippen molar-refractivity contribution in [3.05, 3.63) is 29.1 Å². The van der Waals surface area contributed by atoms with E-state index < -0.39 is 0 Å². The molecule has 80 valence electrons. The van der Waals surface area contributed by atoms with Gasteiger partial charge in [-0.25, -0.2) is 4.98 Å². The van der Waals surface area contributed by atoms with E-state index in [-0.39, 0.29) is 18.2 Å². The number of nitrogens with zero attached hydrogens (tertiary/aromatic N) is 1. The number of hydrogen-bond acceptors (Lipinski definition) is 4. The Morgan fingerprint density at radius 3 is 2.67 bits per heavy atom. The highest BCUT2D eigenvalue weighted by molar-refractivity contribution is 7.13. The van der Waals surface area contributed by atoms with Gasteiger partial charge < -0.3 is 10.8 Å². The van der Waals surface area contributed by atoms with Gasteiger partial charge >= 0.3 is 0 Å². The van der Waals surface area contributed by atoms with Crippen LogP contribution < -0.4 is 5.73 Å². The number of halogens is 1. The molecular formula is C10H11ClN2OS. The number of phenolic OH excluding ortho intramolecular Hbond substituents is 1. The summed E-state index contributed by atoms with van der Waals surface area (Å²) in [6.07, 6.45) is 0. The Kier molecular flexibility index (Phi) is 3.55. The largest absolute Gasteiger partial charge is 0.507 e. The van der Waals surface area contributed by atoms with Gasteiger partial charge in [0.05, 0.1) is 5.69 Å². The number of phenols is 1. The summed E-state index contributed by atoms with van der Waals surface area (Å²) in [4.78, 5) is 4.11. The van der Waals surface area contributed by atoms with Crippen LogP contribution >= 0.6 is 23.7 Å². The standard InChI is InChI=1S/C10H10N2OS.ClH/c1-6-2-3-7(9(13)4-6)8-5-14-10(11)12-8;/h2-5,13H,1H3,(H2,11,12);1H. The third-order valence-electron chi connectivity index (χ3n) is 1.95. The number of thiazole rings is 1. The van der Waals surface area contributed by atoms with Crippen molar-refractivity contribution >= 4 is 28.9 Å². The summed E-state index contributed by atoms with van der Waals surface area (Å²) in [6, 6.07) is 5.49. The molecule has 2 aromatic rings. The molecule has 5 heteroatoms. The fourth-order valence-corrected chi connectivity index (χ4v) is 1.83. The number of nitrogen functional groups attached to an aromatic ring is 1. The second-order valence-corrected chi connectivity index (χ2v) is 3.98. The first-order chi connectivity index (χ1) is 6.66. The van der Waals surface area contributed by atoms with E-state index in [1.807, 2.05) is 24.4 Å². The Hall–Kier alpha value is -1.26. The van der Waals surface area contributed by atoms with Crippen LogP contribution in [0.4, 0.5) is 5.13 Å². The summed E-state index contributed by atoms with van der Waals surface area (Å²) in [5, 5.41) is 12.0. The molecule has 3 nitrogen and oxygen atoms in total. The van der Waals surface area contributed by atoms with Gasteiger partial charge in [-0.05, 0) is 24.6 Å². The smallest absolute Gasteiger partial charge is 0.180 e. The zero-order valence-electron chi connectivity index (χ0n) is 8.10. The summed E-state index contributed by atoms with van der Waals surface area (Å²) in [7, 11) is 0. The van der Waals surface area contributed by atoms with E-state index in [0.717, 1.165) is 16.8 Å². The van der Waals surface area contributed by atoms with Crippen molar-refractivity contribution in [2.75, 3.05) is 5.73 Å². The van der Waals surface area contributed by atoms with E-state index in [9.17, 15) is 5.11 Å². The second kappa shape index (κ2) is 4.51. The molecule has 0 spiro atoms. The SMILES string of the molecule is Cc1ccc(-c2csc(N)n2)c(O)c1.Cl. The van der Waals surface area contributed by atoms with Gasteiger partial charge in [-0.2, -0.15) is 0 Å². The van der Waals surface area contributed by atoms with E-state index in [1.54, 1.807) is 6.07 Å². The molecule has 0 atom stereocenters. The highest BCUT2D eigenvalue weighted by Crippen LogP contribution is 2.31. The van der Waals surface area contributed by atoms with Gasteiger partial charge in [0.1, 0.15) is 5.75 Å². The molecule has 3 N–H and O–H groups in total. The van der Waals surface area contributed by atoms with Gasteiger partial charge in [-0.1, -0.05) is 6.07 Å². The predicted octanol–water partition coefficient (Wildman–Crippen LogP) is 2.83. The molecule has 0 radical (unpaired) electrons. The number of anilines is 1. The van der Waals surface area contributed by atoms with Crippen molar-refractivity contribution in [3.63, 3.8) is 0 Å². The molecule has 0 bridgehead atoms. The number of aromatic nitrogens is 1. The van der Waals surface area contributed by atoms with Gasteiger partial charge in [0.25, 0.3) is 0 Å². The van der Waals surface area contributed by atoms with Gasteiger partial charge in [0.2, 0.25) is 0 Å². The quantitative estimate of drug-likeness (QED) is 0.809. The normalized spacial score (nSPS) is 9.67. The Morgan fingerprint density at radius 1 is 1.40 bits per heavy atom. The third-order valence-corrected chi connectivity index (χ3v) is 2.63. The lowest BCUT2D eigenvalue weighted by atomic mass is 10.1. The van der Waals surface area contributed by atoms with Gasteiger partial charge in [0, 0.05) is 10.9 Å². The maximum atomic E-state index is 9.68. The van der Waals surface area contributed by atoms with Gasteiger partial charge in [-0.15, -0.1) is 23.7 Å². The lowest BCUT2D eigenvalue weighted by Gasteiger charge is -2.01. The van der Waals surface area contributed by atoms with Crippen LogP contribution in [0.2, 0.25) is 0 Å². The Labute approximate surface area is 98.0 Å². The maximum absolute atomic E-state index is 9.68. The highest BCUT2D eigenvalue weighted by atomic mass is 35.5. The first-order valence-corrected chi connectivity index (χ1v) is 5.06. The number of aromatic hydroxyl groups is 1. The van der Waals surface area contributed by atoms with E-state index in [1.165, 1.54) is 11.3 Å². The summed E-state index contributed by atoms with van der Waals surface area (Å²) in [6.45, 7) is 1.93. The predicted molar refractivity (Wildman–Crippen MR) is 65.6 cm³/mol. The zero-order chi connectivity index (χ0) is 10.1. The summed E-state index contributed by atoms with van der Waals surface area (Å²) >= 11 is 1.37. The topological polar surface area (TPSA) is 59.1 Å². The molecule has 0 saturated carbocycles. The molecule has 0 fully saturated rings. The van der Waals surface area contributed by atoms with Crippen LogP contribution in [0.3, 0.4) is 0 Å². The average Bonchev–Trinajstić information content (AvgIpc) is 2.51. The van der Waals surface area contributed by atoms with Crippen molar-refractivity contribution in [2.24, 2.45) is 0 Å².